The summed E-state index contributed by atoms with van der Waals surface area (Å²) in [6.45, 7) is 1.57. The number of amides is 1. The largest absolute Gasteiger partial charge is 0.396 e. The first-order valence-electron chi connectivity index (χ1n) is 6.84. The SMILES string of the molecule is CN(CCCCCO)C(=O)c1ccc(CCN)cc1. The number of nitrogens with two attached hydrogens (primary N) is 1. The number of carbonyl (C=O) groups excluding carboxylic acids is 1. The zero-order chi connectivity index (χ0) is 14.1. The normalized spacial score (nSPS) is 10.5. The van der Waals surface area contributed by atoms with Crippen LogP contribution in [0.25, 0.3) is 0 Å². The van der Waals surface area contributed by atoms with E-state index in [2.05, 4.69) is 0 Å². The van der Waals surface area contributed by atoms with Gasteiger partial charge in [-0.15, -0.1) is 0 Å². The van der Waals surface area contributed by atoms with E-state index in [-0.39, 0.29) is 12.5 Å². The first-order valence-corrected chi connectivity index (χ1v) is 6.84. The maximum absolute atomic E-state index is 12.1. The maximum Gasteiger partial charge on any atom is 0.253 e. The molecule has 0 atom stereocenters. The monoisotopic (exact) mass is 264 g/mol. The second-order valence-electron chi connectivity index (χ2n) is 4.75. The third-order valence-corrected chi connectivity index (χ3v) is 3.13. The van der Waals surface area contributed by atoms with Crippen LogP contribution in [0.5, 0.6) is 0 Å². The second kappa shape index (κ2) is 8.67. The van der Waals surface area contributed by atoms with Gasteiger partial charge in [-0.1, -0.05) is 12.1 Å². The van der Waals surface area contributed by atoms with Crippen LogP contribution in [-0.4, -0.2) is 42.7 Å². The Labute approximate surface area is 115 Å². The van der Waals surface area contributed by atoms with Crippen LogP contribution in [-0.2, 0) is 6.42 Å². The number of hydrogen-bond donors (Lipinski definition) is 2. The summed E-state index contributed by atoms with van der Waals surface area (Å²) in [5, 5.41) is 8.70. The Balaban J connectivity index is 2.47. The average molecular weight is 264 g/mol. The van der Waals surface area contributed by atoms with E-state index in [0.29, 0.717) is 12.1 Å². The minimum atomic E-state index is 0.0447. The highest BCUT2D eigenvalue weighted by Crippen LogP contribution is 2.08. The van der Waals surface area contributed by atoms with Crippen molar-refractivity contribution in [3.63, 3.8) is 0 Å². The van der Waals surface area contributed by atoms with Gasteiger partial charge in [-0.05, 0) is 49.9 Å². The van der Waals surface area contributed by atoms with E-state index in [9.17, 15) is 4.79 Å². The van der Waals surface area contributed by atoms with Crippen LogP contribution in [0.4, 0.5) is 0 Å². The van der Waals surface area contributed by atoms with Crippen molar-refractivity contribution >= 4 is 5.91 Å². The lowest BCUT2D eigenvalue weighted by Crippen LogP contribution is -2.27. The molecule has 0 aliphatic carbocycles. The molecule has 0 fully saturated rings. The summed E-state index contributed by atoms with van der Waals surface area (Å²) >= 11 is 0. The molecule has 0 spiro atoms. The molecular weight excluding hydrogens is 240 g/mol. The molecule has 1 amide bonds. The molecule has 0 aliphatic rings. The van der Waals surface area contributed by atoms with Gasteiger partial charge in [0.05, 0.1) is 0 Å². The van der Waals surface area contributed by atoms with Crippen LogP contribution >= 0.6 is 0 Å². The molecule has 1 aromatic rings. The van der Waals surface area contributed by atoms with Crippen molar-refractivity contribution in [3.8, 4) is 0 Å². The summed E-state index contributed by atoms with van der Waals surface area (Å²) in [4.78, 5) is 13.9. The summed E-state index contributed by atoms with van der Waals surface area (Å²) in [7, 11) is 1.81. The Morgan fingerprint density at radius 3 is 2.47 bits per heavy atom. The van der Waals surface area contributed by atoms with Crippen LogP contribution in [0.15, 0.2) is 24.3 Å². The molecule has 4 heteroatoms. The van der Waals surface area contributed by atoms with E-state index in [1.54, 1.807) is 4.90 Å². The Morgan fingerprint density at radius 1 is 1.21 bits per heavy atom. The van der Waals surface area contributed by atoms with Gasteiger partial charge >= 0.3 is 0 Å². The summed E-state index contributed by atoms with van der Waals surface area (Å²) in [5.41, 5.74) is 7.36. The maximum atomic E-state index is 12.1. The summed E-state index contributed by atoms with van der Waals surface area (Å²) in [5.74, 6) is 0.0447. The zero-order valence-electron chi connectivity index (χ0n) is 11.6. The molecule has 19 heavy (non-hydrogen) atoms. The fourth-order valence-electron chi connectivity index (χ4n) is 1.94. The van der Waals surface area contributed by atoms with Gasteiger partial charge < -0.3 is 15.7 Å². The summed E-state index contributed by atoms with van der Waals surface area (Å²) in [6, 6.07) is 7.63. The third-order valence-electron chi connectivity index (χ3n) is 3.13. The molecule has 0 saturated carbocycles. The molecule has 3 N–H and O–H groups in total. The quantitative estimate of drug-likeness (QED) is 0.698. The molecule has 0 saturated heterocycles. The first kappa shape index (κ1) is 15.7. The molecule has 0 aromatic heterocycles. The lowest BCUT2D eigenvalue weighted by molar-refractivity contribution is 0.0792. The van der Waals surface area contributed by atoms with Crippen molar-refractivity contribution < 1.29 is 9.90 Å². The number of unbranched alkanes of at least 4 members (excludes halogenated alkanes) is 2. The molecule has 0 aliphatic heterocycles. The van der Waals surface area contributed by atoms with Crippen LogP contribution < -0.4 is 5.73 Å². The molecule has 106 valence electrons. The van der Waals surface area contributed by atoms with Crippen molar-refractivity contribution in [3.05, 3.63) is 35.4 Å². The van der Waals surface area contributed by atoms with Crippen LogP contribution in [0, 0.1) is 0 Å². The molecule has 0 radical (unpaired) electrons. The third kappa shape index (κ3) is 5.41. The Morgan fingerprint density at radius 2 is 1.89 bits per heavy atom. The number of rotatable bonds is 8. The predicted octanol–water partition coefficient (Wildman–Crippen LogP) is 1.42. The van der Waals surface area contributed by atoms with Crippen molar-refractivity contribution in [2.45, 2.75) is 25.7 Å². The van der Waals surface area contributed by atoms with E-state index in [1.165, 1.54) is 0 Å². The van der Waals surface area contributed by atoms with E-state index in [1.807, 2.05) is 31.3 Å². The standard InChI is InChI=1S/C15H24N2O2/c1-17(11-3-2-4-12-18)15(19)14-7-5-13(6-8-14)9-10-16/h5-8,18H,2-4,9-12,16H2,1H3. The lowest BCUT2D eigenvalue weighted by Gasteiger charge is -2.17. The molecule has 1 rings (SSSR count). The highest BCUT2D eigenvalue weighted by molar-refractivity contribution is 5.94. The van der Waals surface area contributed by atoms with Gasteiger partial charge in [0.25, 0.3) is 5.91 Å². The minimum absolute atomic E-state index is 0.0447. The van der Waals surface area contributed by atoms with Gasteiger partial charge in [-0.2, -0.15) is 0 Å². The molecule has 1 aromatic carbocycles. The topological polar surface area (TPSA) is 66.6 Å². The van der Waals surface area contributed by atoms with E-state index < -0.39 is 0 Å². The second-order valence-corrected chi connectivity index (χ2v) is 4.75. The highest BCUT2D eigenvalue weighted by Gasteiger charge is 2.10. The number of aliphatic hydroxyl groups is 1. The van der Waals surface area contributed by atoms with E-state index in [0.717, 1.165) is 37.8 Å². The van der Waals surface area contributed by atoms with Crippen molar-refractivity contribution in [2.24, 2.45) is 5.73 Å². The molecule has 0 heterocycles. The molecule has 0 unspecified atom stereocenters. The number of carbonyl (C=O) groups is 1. The number of hydrogen-bond acceptors (Lipinski definition) is 3. The van der Waals surface area contributed by atoms with Crippen molar-refractivity contribution in [1.82, 2.24) is 4.90 Å². The van der Waals surface area contributed by atoms with Gasteiger partial charge in [-0.3, -0.25) is 4.79 Å². The number of nitrogens with zero attached hydrogens (tertiary/aromatic N) is 1. The fourth-order valence-corrected chi connectivity index (χ4v) is 1.94. The van der Waals surface area contributed by atoms with Crippen LogP contribution in [0.1, 0.15) is 35.2 Å². The van der Waals surface area contributed by atoms with E-state index >= 15 is 0 Å². The van der Waals surface area contributed by atoms with Gasteiger partial charge in [0.15, 0.2) is 0 Å². The lowest BCUT2D eigenvalue weighted by atomic mass is 10.1. The van der Waals surface area contributed by atoms with Gasteiger partial charge in [0.1, 0.15) is 0 Å². The minimum Gasteiger partial charge on any atom is -0.396 e. The highest BCUT2D eigenvalue weighted by atomic mass is 16.2. The molecule has 0 bridgehead atoms. The van der Waals surface area contributed by atoms with Gasteiger partial charge in [0.2, 0.25) is 0 Å². The average Bonchev–Trinajstić information content (AvgIpc) is 2.44. The Kier molecular flexibility index (Phi) is 7.15. The Hall–Kier alpha value is -1.39. The van der Waals surface area contributed by atoms with Crippen LogP contribution in [0.3, 0.4) is 0 Å². The number of benzene rings is 1. The zero-order valence-corrected chi connectivity index (χ0v) is 11.6. The first-order chi connectivity index (χ1) is 9.19. The molecular formula is C15H24N2O2. The van der Waals surface area contributed by atoms with Crippen LogP contribution in [0.2, 0.25) is 0 Å². The predicted molar refractivity (Wildman–Crippen MR) is 77.1 cm³/mol. The smallest absolute Gasteiger partial charge is 0.253 e. The summed E-state index contributed by atoms with van der Waals surface area (Å²) < 4.78 is 0. The fraction of sp³-hybridized carbons (Fsp3) is 0.533. The van der Waals surface area contributed by atoms with E-state index in [4.69, 9.17) is 10.8 Å². The van der Waals surface area contributed by atoms with Crippen molar-refractivity contribution in [1.29, 1.82) is 0 Å². The van der Waals surface area contributed by atoms with Gasteiger partial charge in [-0.25, -0.2) is 0 Å². The summed E-state index contributed by atoms with van der Waals surface area (Å²) in [6.07, 6.45) is 3.51. The van der Waals surface area contributed by atoms with Crippen molar-refractivity contribution in [2.75, 3.05) is 26.7 Å². The van der Waals surface area contributed by atoms with Gasteiger partial charge in [0, 0.05) is 25.8 Å². The Bertz CT molecular complexity index is 376. The molecule has 4 nitrogen and oxygen atoms in total. The number of aliphatic hydroxyl groups excluding tert-OH is 1.